The maximum atomic E-state index is 12.1. The topological polar surface area (TPSA) is 52.6 Å². The van der Waals surface area contributed by atoms with Gasteiger partial charge in [0.1, 0.15) is 12.4 Å². The number of benzene rings is 2. The lowest BCUT2D eigenvalue weighted by molar-refractivity contribution is -0.133. The zero-order chi connectivity index (χ0) is 15.5. The number of carbonyl (C=O) groups excluding carboxylic acids is 2. The molecule has 1 heterocycles. The lowest BCUT2D eigenvalue weighted by Gasteiger charge is -2.07. The molecule has 0 saturated heterocycles. The normalized spacial score (nSPS) is 14.0. The van der Waals surface area contributed by atoms with Crippen LogP contribution in [0.15, 0.2) is 48.5 Å². The van der Waals surface area contributed by atoms with Crippen molar-refractivity contribution in [2.75, 3.05) is 13.7 Å². The molecule has 0 saturated carbocycles. The van der Waals surface area contributed by atoms with E-state index in [0.717, 1.165) is 23.2 Å². The molecule has 0 atom stereocenters. The molecule has 1 aliphatic rings. The van der Waals surface area contributed by atoms with Gasteiger partial charge in [-0.3, -0.25) is 4.79 Å². The fraction of sp³-hybridized carbons (Fsp3) is 0.111. The second-order valence-electron chi connectivity index (χ2n) is 4.86. The van der Waals surface area contributed by atoms with E-state index in [1.165, 1.54) is 0 Å². The summed E-state index contributed by atoms with van der Waals surface area (Å²) in [5.74, 6) is 0.338. The first kappa shape index (κ1) is 14.1. The largest absolute Gasteiger partial charge is 0.497 e. The van der Waals surface area contributed by atoms with E-state index in [2.05, 4.69) is 0 Å². The Hall–Kier alpha value is -2.88. The second kappa shape index (κ2) is 5.85. The van der Waals surface area contributed by atoms with Gasteiger partial charge in [-0.05, 0) is 23.3 Å². The number of ether oxygens (including phenoxy) is 2. The van der Waals surface area contributed by atoms with Crippen LogP contribution in [-0.2, 0) is 9.53 Å². The van der Waals surface area contributed by atoms with Gasteiger partial charge in [-0.1, -0.05) is 36.4 Å². The summed E-state index contributed by atoms with van der Waals surface area (Å²) in [4.78, 5) is 23.4. The van der Waals surface area contributed by atoms with Gasteiger partial charge < -0.3 is 9.47 Å². The van der Waals surface area contributed by atoms with E-state index in [9.17, 15) is 9.59 Å². The summed E-state index contributed by atoms with van der Waals surface area (Å²) in [7, 11) is 1.60. The third-order valence-corrected chi connectivity index (χ3v) is 3.65. The average Bonchev–Trinajstić information content (AvgIpc) is 2.96. The summed E-state index contributed by atoms with van der Waals surface area (Å²) in [6.45, 7) is 0.202. The Labute approximate surface area is 128 Å². The van der Waals surface area contributed by atoms with Gasteiger partial charge in [-0.25, -0.2) is 4.79 Å². The first-order chi connectivity index (χ1) is 10.7. The first-order valence-electron chi connectivity index (χ1n) is 6.84. The van der Waals surface area contributed by atoms with E-state index in [0.29, 0.717) is 16.7 Å². The molecule has 0 bridgehead atoms. The number of carbonyl (C=O) groups is 2. The summed E-state index contributed by atoms with van der Waals surface area (Å²) < 4.78 is 10.3. The minimum absolute atomic E-state index is 0.202. The van der Waals surface area contributed by atoms with Gasteiger partial charge in [0.05, 0.1) is 12.7 Å². The molecule has 0 fully saturated rings. The molecule has 0 spiro atoms. The Kier molecular flexibility index (Phi) is 3.74. The van der Waals surface area contributed by atoms with Crippen LogP contribution in [0.25, 0.3) is 11.1 Å². The van der Waals surface area contributed by atoms with Gasteiger partial charge in [0.25, 0.3) is 0 Å². The lowest BCUT2D eigenvalue weighted by atomic mass is 9.94. The minimum Gasteiger partial charge on any atom is -0.497 e. The number of esters is 1. The Bertz CT molecular complexity index is 757. The molecule has 4 nitrogen and oxygen atoms in total. The Balaban J connectivity index is 2.15. The van der Waals surface area contributed by atoms with Crippen molar-refractivity contribution in [3.8, 4) is 5.75 Å². The third-order valence-electron chi connectivity index (χ3n) is 3.65. The molecule has 3 rings (SSSR count). The Morgan fingerprint density at radius 2 is 1.82 bits per heavy atom. The number of hydrogen-bond acceptors (Lipinski definition) is 4. The van der Waals surface area contributed by atoms with Crippen LogP contribution >= 0.6 is 0 Å². The number of cyclic esters (lactones) is 1. The molecule has 0 N–H and O–H groups in total. The van der Waals surface area contributed by atoms with Crippen molar-refractivity contribution in [3.63, 3.8) is 0 Å². The van der Waals surface area contributed by atoms with Crippen LogP contribution in [0.1, 0.15) is 21.5 Å². The molecular weight excluding hydrogens is 280 g/mol. The predicted octanol–water partition coefficient (Wildman–Crippen LogP) is 2.98. The second-order valence-corrected chi connectivity index (χ2v) is 4.86. The molecule has 4 heteroatoms. The molecule has 1 aliphatic heterocycles. The fourth-order valence-electron chi connectivity index (χ4n) is 2.53. The molecule has 0 aliphatic carbocycles. The molecule has 110 valence electrons. The van der Waals surface area contributed by atoms with E-state index in [4.69, 9.17) is 9.47 Å². The van der Waals surface area contributed by atoms with Crippen molar-refractivity contribution < 1.29 is 19.1 Å². The van der Waals surface area contributed by atoms with Crippen molar-refractivity contribution in [2.24, 2.45) is 0 Å². The van der Waals surface area contributed by atoms with Crippen LogP contribution in [0.4, 0.5) is 0 Å². The van der Waals surface area contributed by atoms with E-state index < -0.39 is 5.97 Å². The van der Waals surface area contributed by atoms with Gasteiger partial charge in [-0.2, -0.15) is 0 Å². The number of hydrogen-bond donors (Lipinski definition) is 0. The number of rotatable bonds is 4. The van der Waals surface area contributed by atoms with E-state index >= 15 is 0 Å². The SMILES string of the molecule is COc1ccc(C2=C(c3ccccc3C=O)C(=O)OC2)cc1. The van der Waals surface area contributed by atoms with Crippen molar-refractivity contribution in [1.82, 2.24) is 0 Å². The molecule has 2 aromatic rings. The average molecular weight is 294 g/mol. The van der Waals surface area contributed by atoms with Gasteiger partial charge in [0, 0.05) is 11.1 Å². The number of methoxy groups -OCH3 is 1. The standard InChI is InChI=1S/C18H14O4/c1-21-14-8-6-12(7-9-14)16-11-22-18(20)17(16)15-5-3-2-4-13(15)10-19/h2-10H,11H2,1H3. The zero-order valence-corrected chi connectivity index (χ0v) is 12.0. The van der Waals surface area contributed by atoms with Gasteiger partial charge in [0.15, 0.2) is 6.29 Å². The quantitative estimate of drug-likeness (QED) is 0.642. The molecule has 0 amide bonds. The molecule has 22 heavy (non-hydrogen) atoms. The van der Waals surface area contributed by atoms with Gasteiger partial charge in [-0.15, -0.1) is 0 Å². The van der Waals surface area contributed by atoms with Crippen LogP contribution in [0, 0.1) is 0 Å². The van der Waals surface area contributed by atoms with E-state index in [1.54, 1.807) is 31.4 Å². The highest BCUT2D eigenvalue weighted by atomic mass is 16.5. The van der Waals surface area contributed by atoms with Crippen LogP contribution < -0.4 is 4.74 Å². The van der Waals surface area contributed by atoms with Gasteiger partial charge >= 0.3 is 5.97 Å². The summed E-state index contributed by atoms with van der Waals surface area (Å²) in [5, 5.41) is 0. The van der Waals surface area contributed by atoms with E-state index in [1.807, 2.05) is 24.3 Å². The van der Waals surface area contributed by atoms with Crippen LogP contribution in [0.2, 0.25) is 0 Å². The zero-order valence-electron chi connectivity index (χ0n) is 12.0. The maximum Gasteiger partial charge on any atom is 0.339 e. The number of aldehydes is 1. The predicted molar refractivity (Wildman–Crippen MR) is 82.6 cm³/mol. The molecular formula is C18H14O4. The highest BCUT2D eigenvalue weighted by Gasteiger charge is 2.28. The van der Waals surface area contributed by atoms with Crippen molar-refractivity contribution >= 4 is 23.4 Å². The lowest BCUT2D eigenvalue weighted by Crippen LogP contribution is -2.01. The summed E-state index contributed by atoms with van der Waals surface area (Å²) in [6.07, 6.45) is 0.750. The first-order valence-corrected chi connectivity index (χ1v) is 6.84. The summed E-state index contributed by atoms with van der Waals surface area (Å²) in [5.41, 5.74) is 3.19. The van der Waals surface area contributed by atoms with Gasteiger partial charge in [0.2, 0.25) is 0 Å². The third kappa shape index (κ3) is 2.39. The van der Waals surface area contributed by atoms with Crippen LogP contribution in [0.5, 0.6) is 5.75 Å². The fourth-order valence-corrected chi connectivity index (χ4v) is 2.53. The molecule has 0 aromatic heterocycles. The Morgan fingerprint density at radius 3 is 2.50 bits per heavy atom. The summed E-state index contributed by atoms with van der Waals surface area (Å²) >= 11 is 0. The highest BCUT2D eigenvalue weighted by molar-refractivity contribution is 6.28. The summed E-state index contributed by atoms with van der Waals surface area (Å²) in [6, 6.07) is 14.4. The van der Waals surface area contributed by atoms with Crippen LogP contribution in [-0.4, -0.2) is 26.0 Å². The monoisotopic (exact) mass is 294 g/mol. The highest BCUT2D eigenvalue weighted by Crippen LogP contribution is 2.34. The van der Waals surface area contributed by atoms with Crippen molar-refractivity contribution in [2.45, 2.75) is 0 Å². The van der Waals surface area contributed by atoms with Crippen molar-refractivity contribution in [1.29, 1.82) is 0 Å². The Morgan fingerprint density at radius 1 is 1.09 bits per heavy atom. The maximum absolute atomic E-state index is 12.1. The van der Waals surface area contributed by atoms with E-state index in [-0.39, 0.29) is 6.61 Å². The smallest absolute Gasteiger partial charge is 0.339 e. The van der Waals surface area contributed by atoms with Crippen LogP contribution in [0.3, 0.4) is 0 Å². The molecule has 0 unspecified atom stereocenters. The minimum atomic E-state index is -0.403. The molecule has 2 aromatic carbocycles. The van der Waals surface area contributed by atoms with Crippen molar-refractivity contribution in [3.05, 3.63) is 65.2 Å². The molecule has 0 radical (unpaired) electrons.